The van der Waals surface area contributed by atoms with Gasteiger partial charge in [-0.1, -0.05) is 12.1 Å². The SMILES string of the molecule is Cc1nc(-c2ccc(NC(=O)c3sccc3Br)cc2)co1. The minimum atomic E-state index is -0.123. The molecule has 3 aromatic rings. The summed E-state index contributed by atoms with van der Waals surface area (Å²) in [7, 11) is 0. The Labute approximate surface area is 134 Å². The first-order valence-corrected chi connectivity index (χ1v) is 7.87. The Morgan fingerprint density at radius 3 is 2.62 bits per heavy atom. The van der Waals surface area contributed by atoms with Crippen LogP contribution in [0.15, 0.2) is 50.9 Å². The number of anilines is 1. The van der Waals surface area contributed by atoms with Gasteiger partial charge in [0.05, 0.1) is 0 Å². The largest absolute Gasteiger partial charge is 0.449 e. The number of nitrogens with zero attached hydrogens (tertiary/aromatic N) is 1. The molecular formula is C15H11BrN2O2S. The van der Waals surface area contributed by atoms with E-state index in [1.165, 1.54) is 11.3 Å². The van der Waals surface area contributed by atoms with Crippen molar-refractivity contribution in [3.8, 4) is 11.3 Å². The first kappa shape index (κ1) is 14.0. The van der Waals surface area contributed by atoms with Crippen LogP contribution in [-0.4, -0.2) is 10.9 Å². The molecule has 6 heteroatoms. The zero-order valence-corrected chi connectivity index (χ0v) is 13.5. The first-order valence-electron chi connectivity index (χ1n) is 6.20. The first-order chi connectivity index (χ1) is 10.1. The van der Waals surface area contributed by atoms with E-state index >= 15 is 0 Å². The van der Waals surface area contributed by atoms with Gasteiger partial charge in [-0.3, -0.25) is 4.79 Å². The second kappa shape index (κ2) is 5.83. The summed E-state index contributed by atoms with van der Waals surface area (Å²) in [6.07, 6.45) is 1.62. The van der Waals surface area contributed by atoms with Crippen molar-refractivity contribution in [2.24, 2.45) is 0 Å². The number of aryl methyl sites for hydroxylation is 1. The van der Waals surface area contributed by atoms with Gasteiger partial charge >= 0.3 is 0 Å². The van der Waals surface area contributed by atoms with Gasteiger partial charge in [-0.15, -0.1) is 11.3 Å². The Morgan fingerprint density at radius 2 is 2.05 bits per heavy atom. The van der Waals surface area contributed by atoms with Gasteiger partial charge in [0.1, 0.15) is 16.8 Å². The number of hydrogen-bond acceptors (Lipinski definition) is 4. The fraction of sp³-hybridized carbons (Fsp3) is 0.0667. The predicted molar refractivity (Wildman–Crippen MR) is 86.6 cm³/mol. The van der Waals surface area contributed by atoms with Gasteiger partial charge < -0.3 is 9.73 Å². The number of oxazole rings is 1. The zero-order chi connectivity index (χ0) is 14.8. The number of nitrogens with one attached hydrogen (secondary N) is 1. The Morgan fingerprint density at radius 1 is 1.29 bits per heavy atom. The quantitative estimate of drug-likeness (QED) is 0.732. The molecule has 1 aromatic carbocycles. The van der Waals surface area contributed by atoms with E-state index < -0.39 is 0 Å². The van der Waals surface area contributed by atoms with Crippen LogP contribution in [0.25, 0.3) is 11.3 Å². The van der Waals surface area contributed by atoms with Gasteiger partial charge in [0.2, 0.25) is 0 Å². The molecule has 1 amide bonds. The highest BCUT2D eigenvalue weighted by Gasteiger charge is 2.11. The van der Waals surface area contributed by atoms with Crippen molar-refractivity contribution in [3.05, 3.63) is 57.2 Å². The van der Waals surface area contributed by atoms with Gasteiger partial charge in [-0.05, 0) is 39.5 Å². The number of rotatable bonds is 3. The molecule has 0 aliphatic heterocycles. The summed E-state index contributed by atoms with van der Waals surface area (Å²) in [6.45, 7) is 1.80. The minimum Gasteiger partial charge on any atom is -0.449 e. The van der Waals surface area contributed by atoms with Crippen LogP contribution in [0.3, 0.4) is 0 Å². The highest BCUT2D eigenvalue weighted by Crippen LogP contribution is 2.25. The van der Waals surface area contributed by atoms with Gasteiger partial charge in [-0.25, -0.2) is 4.98 Å². The van der Waals surface area contributed by atoms with Crippen molar-refractivity contribution in [3.63, 3.8) is 0 Å². The number of carbonyl (C=O) groups is 1. The topological polar surface area (TPSA) is 55.1 Å². The van der Waals surface area contributed by atoms with Crippen LogP contribution < -0.4 is 5.32 Å². The summed E-state index contributed by atoms with van der Waals surface area (Å²) >= 11 is 4.75. The second-order valence-electron chi connectivity index (χ2n) is 4.38. The van der Waals surface area contributed by atoms with Crippen molar-refractivity contribution in [2.45, 2.75) is 6.92 Å². The Hall–Kier alpha value is -1.92. The summed E-state index contributed by atoms with van der Waals surface area (Å²) in [6, 6.07) is 9.35. The second-order valence-corrected chi connectivity index (χ2v) is 6.15. The van der Waals surface area contributed by atoms with E-state index in [1.807, 2.05) is 35.7 Å². The zero-order valence-electron chi connectivity index (χ0n) is 11.1. The molecule has 0 radical (unpaired) electrons. The normalized spacial score (nSPS) is 10.6. The van der Waals surface area contributed by atoms with Crippen molar-refractivity contribution < 1.29 is 9.21 Å². The molecule has 0 aliphatic rings. The molecule has 106 valence electrons. The van der Waals surface area contributed by atoms with E-state index in [0.717, 1.165) is 21.4 Å². The highest BCUT2D eigenvalue weighted by molar-refractivity contribution is 9.10. The molecular weight excluding hydrogens is 352 g/mol. The summed E-state index contributed by atoms with van der Waals surface area (Å²) in [5.41, 5.74) is 2.47. The van der Waals surface area contributed by atoms with E-state index in [1.54, 1.807) is 13.2 Å². The van der Waals surface area contributed by atoms with Crippen LogP contribution in [0.4, 0.5) is 5.69 Å². The third-order valence-corrected chi connectivity index (χ3v) is 4.72. The molecule has 1 N–H and O–H groups in total. The van der Waals surface area contributed by atoms with Crippen LogP contribution in [0, 0.1) is 6.92 Å². The lowest BCUT2D eigenvalue weighted by molar-refractivity contribution is 0.103. The molecule has 0 saturated heterocycles. The molecule has 0 atom stereocenters. The van der Waals surface area contributed by atoms with Gasteiger partial charge in [0, 0.05) is 22.6 Å². The standard InChI is InChI=1S/C15H11BrN2O2S/c1-9-17-13(8-20-9)10-2-4-11(5-3-10)18-15(19)14-12(16)6-7-21-14/h2-8H,1H3,(H,18,19). The number of halogens is 1. The molecule has 2 heterocycles. The van der Waals surface area contributed by atoms with E-state index in [9.17, 15) is 4.79 Å². The van der Waals surface area contributed by atoms with Gasteiger partial charge in [0.15, 0.2) is 5.89 Å². The van der Waals surface area contributed by atoms with Crippen molar-refractivity contribution in [1.29, 1.82) is 0 Å². The lowest BCUT2D eigenvalue weighted by Crippen LogP contribution is -2.10. The molecule has 4 nitrogen and oxygen atoms in total. The maximum Gasteiger partial charge on any atom is 0.266 e. The average molecular weight is 363 g/mol. The molecule has 2 aromatic heterocycles. The third-order valence-electron chi connectivity index (χ3n) is 2.88. The van der Waals surface area contributed by atoms with Crippen LogP contribution in [0.1, 0.15) is 15.6 Å². The van der Waals surface area contributed by atoms with Crippen molar-refractivity contribution >= 4 is 38.9 Å². The van der Waals surface area contributed by atoms with Crippen molar-refractivity contribution in [1.82, 2.24) is 4.98 Å². The summed E-state index contributed by atoms with van der Waals surface area (Å²) in [4.78, 5) is 17.0. The number of carbonyl (C=O) groups excluding carboxylic acids is 1. The van der Waals surface area contributed by atoms with E-state index in [4.69, 9.17) is 4.42 Å². The molecule has 3 rings (SSSR count). The number of thiophene rings is 1. The van der Waals surface area contributed by atoms with Crippen molar-refractivity contribution in [2.75, 3.05) is 5.32 Å². The summed E-state index contributed by atoms with van der Waals surface area (Å²) < 4.78 is 6.00. The van der Waals surface area contributed by atoms with E-state index in [0.29, 0.717) is 10.8 Å². The van der Waals surface area contributed by atoms with Crippen LogP contribution >= 0.6 is 27.3 Å². The van der Waals surface area contributed by atoms with E-state index in [-0.39, 0.29) is 5.91 Å². The summed E-state index contributed by atoms with van der Waals surface area (Å²) in [5, 5.41) is 4.74. The molecule has 0 bridgehead atoms. The van der Waals surface area contributed by atoms with Gasteiger partial charge in [0.25, 0.3) is 5.91 Å². The monoisotopic (exact) mass is 362 g/mol. The Balaban J connectivity index is 1.76. The Bertz CT molecular complexity index is 777. The van der Waals surface area contributed by atoms with Gasteiger partial charge in [-0.2, -0.15) is 0 Å². The number of amides is 1. The fourth-order valence-corrected chi connectivity index (χ4v) is 3.31. The maximum atomic E-state index is 12.1. The smallest absolute Gasteiger partial charge is 0.266 e. The summed E-state index contributed by atoms with van der Waals surface area (Å²) in [5.74, 6) is 0.506. The molecule has 0 fully saturated rings. The van der Waals surface area contributed by atoms with Crippen LogP contribution in [0.2, 0.25) is 0 Å². The van der Waals surface area contributed by atoms with Crippen LogP contribution in [0.5, 0.6) is 0 Å². The number of hydrogen-bond donors (Lipinski definition) is 1. The van der Waals surface area contributed by atoms with E-state index in [2.05, 4.69) is 26.2 Å². The number of benzene rings is 1. The molecule has 0 aliphatic carbocycles. The third kappa shape index (κ3) is 3.06. The molecule has 21 heavy (non-hydrogen) atoms. The highest BCUT2D eigenvalue weighted by atomic mass is 79.9. The molecule has 0 saturated carbocycles. The number of aromatic nitrogens is 1. The van der Waals surface area contributed by atoms with Crippen LogP contribution in [-0.2, 0) is 0 Å². The average Bonchev–Trinajstić information content (AvgIpc) is 3.08. The Kier molecular flexibility index (Phi) is 3.90. The maximum absolute atomic E-state index is 12.1. The lowest BCUT2D eigenvalue weighted by atomic mass is 10.1. The fourth-order valence-electron chi connectivity index (χ4n) is 1.86. The lowest BCUT2D eigenvalue weighted by Gasteiger charge is -2.05. The molecule has 0 unspecified atom stereocenters. The predicted octanol–water partition coefficient (Wildman–Crippen LogP) is 4.73. The molecule has 0 spiro atoms. The minimum absolute atomic E-state index is 0.123.